The zero-order chi connectivity index (χ0) is 19.1. The van der Waals surface area contributed by atoms with Gasteiger partial charge in [-0.25, -0.2) is 0 Å². The molecule has 2 aliphatic heterocycles. The van der Waals surface area contributed by atoms with E-state index in [2.05, 4.69) is 44.0 Å². The first-order chi connectivity index (χ1) is 13.7. The van der Waals surface area contributed by atoms with Gasteiger partial charge in [0.2, 0.25) is 0 Å². The molecule has 2 aliphatic rings. The fourth-order valence-electron chi connectivity index (χ4n) is 4.28. The third-order valence-electron chi connectivity index (χ3n) is 5.73. The van der Waals surface area contributed by atoms with Crippen molar-refractivity contribution < 1.29 is 4.79 Å². The summed E-state index contributed by atoms with van der Waals surface area (Å²) in [5.74, 6) is 0.0870. The standard InChI is InChI=1S/C23H22BrN3O/c24-17-8-9-19-20(12-16-14-25-21-7-3-2-6-18(16)21)23(28)27(22(19)13-17)15-26-10-4-1-5-11-26/h2-3,6-9,12-14,25H,1,4-5,10-11,15H2. The number of hydrogen-bond acceptors (Lipinski definition) is 2. The van der Waals surface area contributed by atoms with Gasteiger partial charge in [-0.2, -0.15) is 0 Å². The van der Waals surface area contributed by atoms with Crippen molar-refractivity contribution in [3.8, 4) is 0 Å². The van der Waals surface area contributed by atoms with Crippen molar-refractivity contribution in [2.45, 2.75) is 19.3 Å². The molecule has 4 nitrogen and oxygen atoms in total. The number of nitrogens with one attached hydrogen (secondary N) is 1. The van der Waals surface area contributed by atoms with Crippen molar-refractivity contribution in [2.75, 3.05) is 24.7 Å². The van der Waals surface area contributed by atoms with Crippen LogP contribution in [0, 0.1) is 0 Å². The van der Waals surface area contributed by atoms with Crippen LogP contribution in [0.15, 0.2) is 53.1 Å². The second-order valence-corrected chi connectivity index (χ2v) is 8.48. The van der Waals surface area contributed by atoms with Gasteiger partial charge in [-0.05, 0) is 50.2 Å². The summed E-state index contributed by atoms with van der Waals surface area (Å²) in [5, 5.41) is 1.14. The van der Waals surface area contributed by atoms with Gasteiger partial charge in [-0.15, -0.1) is 0 Å². The molecule has 1 N–H and O–H groups in total. The molecule has 2 aromatic carbocycles. The highest BCUT2D eigenvalue weighted by atomic mass is 79.9. The summed E-state index contributed by atoms with van der Waals surface area (Å²) in [4.78, 5) is 21.0. The Hall–Kier alpha value is -2.37. The lowest BCUT2D eigenvalue weighted by atomic mass is 10.0. The van der Waals surface area contributed by atoms with Crippen molar-refractivity contribution in [3.63, 3.8) is 0 Å². The van der Waals surface area contributed by atoms with E-state index >= 15 is 0 Å². The molecule has 1 fully saturated rings. The third kappa shape index (κ3) is 3.09. The SMILES string of the molecule is O=C1C(=Cc2c[nH]c3ccccc23)c2ccc(Br)cc2N1CN1CCCCC1. The molecule has 0 aliphatic carbocycles. The van der Waals surface area contributed by atoms with E-state index in [0.29, 0.717) is 6.67 Å². The zero-order valence-corrected chi connectivity index (χ0v) is 17.2. The highest BCUT2D eigenvalue weighted by Crippen LogP contribution is 2.40. The van der Waals surface area contributed by atoms with Crippen LogP contribution in [-0.2, 0) is 4.79 Å². The molecular weight excluding hydrogens is 414 g/mol. The summed E-state index contributed by atoms with van der Waals surface area (Å²) in [6, 6.07) is 14.3. The summed E-state index contributed by atoms with van der Waals surface area (Å²) in [5.41, 5.74) is 4.91. The molecule has 142 valence electrons. The topological polar surface area (TPSA) is 39.3 Å². The number of amides is 1. The minimum atomic E-state index is 0.0870. The first-order valence-electron chi connectivity index (χ1n) is 9.83. The number of anilines is 1. The number of fused-ring (bicyclic) bond motifs is 2. The Bertz CT molecular complexity index is 1080. The average molecular weight is 436 g/mol. The maximum Gasteiger partial charge on any atom is 0.260 e. The van der Waals surface area contributed by atoms with Gasteiger partial charge in [0, 0.05) is 38.3 Å². The van der Waals surface area contributed by atoms with Gasteiger partial charge < -0.3 is 4.98 Å². The molecule has 1 amide bonds. The number of aromatic nitrogens is 1. The molecule has 3 heterocycles. The van der Waals surface area contributed by atoms with Crippen molar-refractivity contribution >= 4 is 50.1 Å². The summed E-state index contributed by atoms with van der Waals surface area (Å²) in [6.07, 6.45) is 7.73. The fraction of sp³-hybridized carbons (Fsp3) is 0.261. The molecule has 28 heavy (non-hydrogen) atoms. The molecule has 1 aromatic heterocycles. The van der Waals surface area contributed by atoms with E-state index in [-0.39, 0.29) is 5.91 Å². The number of carbonyl (C=O) groups is 1. The van der Waals surface area contributed by atoms with Gasteiger partial charge in [0.1, 0.15) is 0 Å². The maximum atomic E-state index is 13.4. The third-order valence-corrected chi connectivity index (χ3v) is 6.22. The second-order valence-electron chi connectivity index (χ2n) is 7.56. The summed E-state index contributed by atoms with van der Waals surface area (Å²) < 4.78 is 0.996. The lowest BCUT2D eigenvalue weighted by molar-refractivity contribution is -0.113. The Labute approximate surface area is 173 Å². The number of hydrogen-bond donors (Lipinski definition) is 1. The number of rotatable bonds is 3. The Kier molecular flexibility index (Phi) is 4.57. The molecule has 0 saturated carbocycles. The monoisotopic (exact) mass is 435 g/mol. The van der Waals surface area contributed by atoms with E-state index in [9.17, 15) is 4.79 Å². The predicted molar refractivity (Wildman–Crippen MR) is 118 cm³/mol. The van der Waals surface area contributed by atoms with Crippen LogP contribution in [0.2, 0.25) is 0 Å². The highest BCUT2D eigenvalue weighted by molar-refractivity contribution is 9.10. The normalized spacial score (nSPS) is 19.0. The molecule has 3 aromatic rings. The van der Waals surface area contributed by atoms with Gasteiger partial charge in [0.15, 0.2) is 0 Å². The minimum absolute atomic E-state index is 0.0870. The molecule has 0 bridgehead atoms. The van der Waals surface area contributed by atoms with Crippen LogP contribution in [0.4, 0.5) is 5.69 Å². The first kappa shape index (κ1) is 17.7. The van der Waals surface area contributed by atoms with Crippen LogP contribution in [0.25, 0.3) is 22.6 Å². The fourth-order valence-corrected chi connectivity index (χ4v) is 4.62. The van der Waals surface area contributed by atoms with E-state index < -0.39 is 0 Å². The Morgan fingerprint density at radius 3 is 2.75 bits per heavy atom. The number of benzene rings is 2. The molecule has 1 saturated heterocycles. The Morgan fingerprint density at radius 2 is 1.89 bits per heavy atom. The van der Waals surface area contributed by atoms with Crippen LogP contribution in [-0.4, -0.2) is 35.5 Å². The summed E-state index contributed by atoms with van der Waals surface area (Å²) >= 11 is 3.57. The highest BCUT2D eigenvalue weighted by Gasteiger charge is 2.33. The number of halogens is 1. The Balaban J connectivity index is 1.56. The van der Waals surface area contributed by atoms with E-state index in [0.717, 1.165) is 50.9 Å². The quantitative estimate of drug-likeness (QED) is 0.569. The molecule has 0 atom stereocenters. The smallest absolute Gasteiger partial charge is 0.260 e. The number of H-pyrrole nitrogens is 1. The van der Waals surface area contributed by atoms with Crippen LogP contribution >= 0.6 is 15.9 Å². The number of nitrogens with zero attached hydrogens (tertiary/aromatic N) is 2. The average Bonchev–Trinajstić information content (AvgIpc) is 3.24. The lowest BCUT2D eigenvalue weighted by Crippen LogP contribution is -2.42. The van der Waals surface area contributed by atoms with E-state index in [1.165, 1.54) is 19.3 Å². The van der Waals surface area contributed by atoms with Crippen LogP contribution in [0.1, 0.15) is 30.4 Å². The van der Waals surface area contributed by atoms with Gasteiger partial charge in [-0.3, -0.25) is 14.6 Å². The van der Waals surface area contributed by atoms with Crippen LogP contribution in [0.5, 0.6) is 0 Å². The second kappa shape index (κ2) is 7.22. The molecule has 5 heteroatoms. The molecule has 5 rings (SSSR count). The number of aromatic amines is 1. The molecule has 0 spiro atoms. The maximum absolute atomic E-state index is 13.4. The van der Waals surface area contributed by atoms with Gasteiger partial charge in [0.25, 0.3) is 5.91 Å². The predicted octanol–water partition coefficient (Wildman–Crippen LogP) is 5.26. The largest absolute Gasteiger partial charge is 0.361 e. The molecular formula is C23H22BrN3O. The zero-order valence-electron chi connectivity index (χ0n) is 15.6. The summed E-state index contributed by atoms with van der Waals surface area (Å²) in [6.45, 7) is 2.79. The van der Waals surface area contributed by atoms with Crippen LogP contribution in [0.3, 0.4) is 0 Å². The molecule has 0 radical (unpaired) electrons. The molecule has 0 unspecified atom stereocenters. The van der Waals surface area contributed by atoms with Crippen molar-refractivity contribution in [1.29, 1.82) is 0 Å². The van der Waals surface area contributed by atoms with Gasteiger partial charge in [-0.1, -0.05) is 46.6 Å². The van der Waals surface area contributed by atoms with E-state index in [1.807, 2.05) is 41.4 Å². The number of likely N-dealkylation sites (tertiary alicyclic amines) is 1. The lowest BCUT2D eigenvalue weighted by Gasteiger charge is -2.31. The number of piperidine rings is 1. The van der Waals surface area contributed by atoms with Gasteiger partial charge in [0.05, 0.1) is 12.4 Å². The van der Waals surface area contributed by atoms with E-state index in [4.69, 9.17) is 0 Å². The minimum Gasteiger partial charge on any atom is -0.361 e. The number of carbonyl (C=O) groups excluding carboxylic acids is 1. The van der Waals surface area contributed by atoms with Crippen molar-refractivity contribution in [2.24, 2.45) is 0 Å². The summed E-state index contributed by atoms with van der Waals surface area (Å²) in [7, 11) is 0. The van der Waals surface area contributed by atoms with Gasteiger partial charge >= 0.3 is 0 Å². The van der Waals surface area contributed by atoms with Crippen molar-refractivity contribution in [3.05, 3.63) is 64.3 Å². The first-order valence-corrected chi connectivity index (χ1v) is 10.6. The number of para-hydroxylation sites is 1. The van der Waals surface area contributed by atoms with Crippen molar-refractivity contribution in [1.82, 2.24) is 9.88 Å². The Morgan fingerprint density at radius 1 is 1.07 bits per heavy atom. The van der Waals surface area contributed by atoms with Crippen LogP contribution < -0.4 is 4.90 Å². The van der Waals surface area contributed by atoms with E-state index in [1.54, 1.807) is 0 Å².